The molecule has 0 unspecified atom stereocenters. The van der Waals surface area contributed by atoms with Gasteiger partial charge in [0, 0.05) is 11.1 Å². The highest BCUT2D eigenvalue weighted by atomic mass is 35.5. The van der Waals surface area contributed by atoms with Crippen molar-refractivity contribution in [1.82, 2.24) is 5.32 Å². The van der Waals surface area contributed by atoms with Crippen LogP contribution in [0.5, 0.6) is 11.5 Å². The summed E-state index contributed by atoms with van der Waals surface area (Å²) in [5.74, 6) is -2.85. The van der Waals surface area contributed by atoms with E-state index in [1.54, 1.807) is 13.0 Å². The highest BCUT2D eigenvalue weighted by Gasteiger charge is 2.37. The lowest BCUT2D eigenvalue weighted by Gasteiger charge is -2.26. The van der Waals surface area contributed by atoms with Crippen molar-refractivity contribution >= 4 is 46.9 Å². The number of nitrogens with zero attached hydrogens (tertiary/aromatic N) is 2. The van der Waals surface area contributed by atoms with Crippen molar-refractivity contribution in [3.63, 3.8) is 0 Å². The van der Waals surface area contributed by atoms with Crippen LogP contribution in [0.15, 0.2) is 35.9 Å². The van der Waals surface area contributed by atoms with Gasteiger partial charge in [0.2, 0.25) is 5.75 Å². The number of carbonyl (C=O) groups is 3. The monoisotopic (exact) mass is 431 g/mol. The van der Waals surface area contributed by atoms with Crippen molar-refractivity contribution in [2.45, 2.75) is 6.92 Å². The molecule has 0 spiro atoms. The molecule has 0 bridgehead atoms. The van der Waals surface area contributed by atoms with E-state index in [-0.39, 0.29) is 17.0 Å². The number of amides is 4. The Bertz CT molecular complexity index is 1140. The number of imide groups is 2. The first-order valence-corrected chi connectivity index (χ1v) is 8.74. The average molecular weight is 432 g/mol. The van der Waals surface area contributed by atoms with E-state index in [1.165, 1.54) is 25.3 Å². The number of phenols is 1. The van der Waals surface area contributed by atoms with Crippen molar-refractivity contribution in [3.8, 4) is 11.5 Å². The van der Waals surface area contributed by atoms with E-state index >= 15 is 0 Å². The van der Waals surface area contributed by atoms with E-state index in [0.29, 0.717) is 5.02 Å². The molecule has 0 aliphatic carbocycles. The Balaban J connectivity index is 2.10. The summed E-state index contributed by atoms with van der Waals surface area (Å²) < 4.78 is 4.90. The van der Waals surface area contributed by atoms with Gasteiger partial charge in [-0.15, -0.1) is 0 Å². The minimum Gasteiger partial charge on any atom is -0.500 e. The molecule has 0 saturated carbocycles. The smallest absolute Gasteiger partial charge is 0.335 e. The second-order valence-electron chi connectivity index (χ2n) is 6.24. The average Bonchev–Trinajstić information content (AvgIpc) is 2.68. The summed E-state index contributed by atoms with van der Waals surface area (Å²) in [5, 5.41) is 23.4. The summed E-state index contributed by atoms with van der Waals surface area (Å²) in [7, 11) is 1.19. The molecular formula is C19H14ClN3O7. The van der Waals surface area contributed by atoms with Gasteiger partial charge in [-0.2, -0.15) is 0 Å². The third-order valence-electron chi connectivity index (χ3n) is 4.32. The number of carbonyl (C=O) groups excluding carboxylic acids is 3. The highest BCUT2D eigenvalue weighted by molar-refractivity contribution is 6.39. The SMILES string of the molecule is COc1cc(/C=C2/C(=O)NC(=O)N(c3ccc(C)c(Cl)c3)C2=O)cc([N+](=O)[O-])c1O. The van der Waals surface area contributed by atoms with Crippen LogP contribution in [-0.4, -0.2) is 35.0 Å². The molecule has 1 aliphatic heterocycles. The number of methoxy groups -OCH3 is 1. The summed E-state index contributed by atoms with van der Waals surface area (Å²) in [4.78, 5) is 48.5. The number of nitrogens with one attached hydrogen (secondary N) is 1. The third kappa shape index (κ3) is 3.67. The summed E-state index contributed by atoms with van der Waals surface area (Å²) in [6.07, 6.45) is 1.06. The summed E-state index contributed by atoms with van der Waals surface area (Å²) in [5.41, 5.74) is -0.232. The Labute approximate surface area is 174 Å². The zero-order valence-corrected chi connectivity index (χ0v) is 16.4. The normalized spacial score (nSPS) is 15.4. The van der Waals surface area contributed by atoms with Gasteiger partial charge in [-0.1, -0.05) is 17.7 Å². The summed E-state index contributed by atoms with van der Waals surface area (Å²) in [6.45, 7) is 1.74. The Morgan fingerprint density at radius 2 is 1.93 bits per heavy atom. The number of aromatic hydroxyl groups is 1. The molecular weight excluding hydrogens is 418 g/mol. The molecule has 1 aliphatic rings. The number of hydrogen-bond acceptors (Lipinski definition) is 7. The molecule has 1 fully saturated rings. The van der Waals surface area contributed by atoms with Crippen molar-refractivity contribution < 1.29 is 29.2 Å². The predicted molar refractivity (Wildman–Crippen MR) is 107 cm³/mol. The fourth-order valence-corrected chi connectivity index (χ4v) is 2.95. The molecule has 3 rings (SSSR count). The number of ether oxygens (including phenoxy) is 1. The number of benzene rings is 2. The number of aryl methyl sites for hydroxylation is 1. The van der Waals surface area contributed by atoms with Crippen molar-refractivity contribution in [2.24, 2.45) is 0 Å². The maximum atomic E-state index is 12.9. The van der Waals surface area contributed by atoms with Crippen molar-refractivity contribution in [2.75, 3.05) is 12.0 Å². The molecule has 0 radical (unpaired) electrons. The predicted octanol–water partition coefficient (Wildman–Crippen LogP) is 2.94. The lowest BCUT2D eigenvalue weighted by Crippen LogP contribution is -2.54. The highest BCUT2D eigenvalue weighted by Crippen LogP contribution is 2.37. The minimum atomic E-state index is -0.978. The van der Waals surface area contributed by atoms with Crippen LogP contribution in [0.25, 0.3) is 6.08 Å². The van der Waals surface area contributed by atoms with Crippen molar-refractivity contribution in [1.29, 1.82) is 0 Å². The molecule has 30 heavy (non-hydrogen) atoms. The number of nitro groups is 1. The molecule has 1 heterocycles. The van der Waals surface area contributed by atoms with E-state index < -0.39 is 39.8 Å². The molecule has 10 nitrogen and oxygen atoms in total. The number of nitro benzene ring substituents is 1. The second kappa shape index (κ2) is 7.84. The zero-order chi connectivity index (χ0) is 22.2. The largest absolute Gasteiger partial charge is 0.500 e. The molecule has 2 N–H and O–H groups in total. The fraction of sp³-hybridized carbons (Fsp3) is 0.105. The quantitative estimate of drug-likeness (QED) is 0.328. The van der Waals surface area contributed by atoms with Crippen LogP contribution in [0, 0.1) is 17.0 Å². The van der Waals surface area contributed by atoms with Gasteiger partial charge in [0.25, 0.3) is 11.8 Å². The number of anilines is 1. The standard InChI is InChI=1S/C19H14ClN3O7/c1-9-3-4-11(8-13(9)20)22-18(26)12(17(25)21-19(22)27)5-10-6-14(23(28)29)16(24)15(7-10)30-2/h3-8,24H,1-2H3,(H,21,25,27)/b12-5-. The molecule has 11 heteroatoms. The Morgan fingerprint density at radius 1 is 1.23 bits per heavy atom. The molecule has 0 aromatic heterocycles. The summed E-state index contributed by atoms with van der Waals surface area (Å²) in [6, 6.07) is 5.70. The van der Waals surface area contributed by atoms with Gasteiger partial charge in [-0.3, -0.25) is 25.0 Å². The Morgan fingerprint density at radius 3 is 2.53 bits per heavy atom. The number of phenolic OH excluding ortho intramolecular Hbond substituents is 1. The van der Waals surface area contributed by atoms with Crippen LogP contribution in [0.4, 0.5) is 16.2 Å². The lowest BCUT2D eigenvalue weighted by molar-refractivity contribution is -0.386. The van der Waals surface area contributed by atoms with Crippen LogP contribution in [0.3, 0.4) is 0 Å². The van der Waals surface area contributed by atoms with Gasteiger partial charge in [0.15, 0.2) is 5.75 Å². The van der Waals surface area contributed by atoms with E-state index in [0.717, 1.165) is 22.6 Å². The number of rotatable bonds is 4. The first-order valence-electron chi connectivity index (χ1n) is 8.37. The van der Waals surface area contributed by atoms with Crippen LogP contribution in [0.1, 0.15) is 11.1 Å². The van der Waals surface area contributed by atoms with Crippen LogP contribution < -0.4 is 15.0 Å². The fourth-order valence-electron chi connectivity index (χ4n) is 2.77. The van der Waals surface area contributed by atoms with Gasteiger partial charge in [0.05, 0.1) is 17.7 Å². The van der Waals surface area contributed by atoms with Crippen molar-refractivity contribution in [3.05, 3.63) is 62.2 Å². The van der Waals surface area contributed by atoms with E-state index in [4.69, 9.17) is 16.3 Å². The lowest BCUT2D eigenvalue weighted by atomic mass is 10.1. The second-order valence-corrected chi connectivity index (χ2v) is 6.65. The van der Waals surface area contributed by atoms with Crippen LogP contribution in [-0.2, 0) is 9.59 Å². The number of barbiturate groups is 1. The number of halogens is 1. The zero-order valence-electron chi connectivity index (χ0n) is 15.6. The first-order chi connectivity index (χ1) is 14.1. The topological polar surface area (TPSA) is 139 Å². The van der Waals surface area contributed by atoms with E-state index in [1.807, 2.05) is 5.32 Å². The Hall–Kier alpha value is -3.92. The third-order valence-corrected chi connectivity index (χ3v) is 4.73. The van der Waals surface area contributed by atoms with Gasteiger partial charge < -0.3 is 9.84 Å². The van der Waals surface area contributed by atoms with Gasteiger partial charge >= 0.3 is 11.7 Å². The molecule has 2 aromatic rings. The molecule has 154 valence electrons. The molecule has 1 saturated heterocycles. The maximum absolute atomic E-state index is 12.9. The molecule has 0 atom stereocenters. The van der Waals surface area contributed by atoms with Gasteiger partial charge in [-0.05, 0) is 42.3 Å². The van der Waals surface area contributed by atoms with Gasteiger partial charge in [-0.25, -0.2) is 9.69 Å². The first kappa shape index (κ1) is 20.8. The van der Waals surface area contributed by atoms with Gasteiger partial charge in [0.1, 0.15) is 5.57 Å². The van der Waals surface area contributed by atoms with E-state index in [2.05, 4.69) is 0 Å². The number of urea groups is 1. The minimum absolute atomic E-state index is 0.0334. The molecule has 4 amide bonds. The molecule has 2 aromatic carbocycles. The summed E-state index contributed by atoms with van der Waals surface area (Å²) >= 11 is 6.07. The van der Waals surface area contributed by atoms with Crippen LogP contribution in [0.2, 0.25) is 5.02 Å². The maximum Gasteiger partial charge on any atom is 0.335 e. The van der Waals surface area contributed by atoms with E-state index in [9.17, 15) is 29.6 Å². The number of hydrogen-bond donors (Lipinski definition) is 2. The van der Waals surface area contributed by atoms with Crippen LogP contribution >= 0.6 is 11.6 Å². The Kier molecular flexibility index (Phi) is 5.43.